The van der Waals surface area contributed by atoms with Crippen LogP contribution in [0.15, 0.2) is 36.7 Å². The zero-order valence-corrected chi connectivity index (χ0v) is 16.2. The summed E-state index contributed by atoms with van der Waals surface area (Å²) in [4.78, 5) is 9.21. The Hall–Kier alpha value is -1.70. The van der Waals surface area contributed by atoms with E-state index in [2.05, 4.69) is 75.8 Å². The molecule has 2 heteroatoms. The fourth-order valence-electron chi connectivity index (χ4n) is 3.21. The van der Waals surface area contributed by atoms with Gasteiger partial charge in [-0.25, -0.2) is 0 Å². The second-order valence-electron chi connectivity index (χ2n) is 7.40. The van der Waals surface area contributed by atoms with Gasteiger partial charge in [-0.15, -0.1) is 0 Å². The fraction of sp³-hybridized carbons (Fsp3) is 0.545. The first-order valence-corrected chi connectivity index (χ1v) is 9.35. The molecule has 0 bridgehead atoms. The van der Waals surface area contributed by atoms with E-state index in [1.54, 1.807) is 0 Å². The molecule has 0 atom stereocenters. The maximum absolute atomic E-state index is 4.60. The summed E-state index contributed by atoms with van der Waals surface area (Å²) in [6, 6.07) is 8.77. The summed E-state index contributed by atoms with van der Waals surface area (Å²) in [6.07, 6.45) is 8.38. The second-order valence-corrected chi connectivity index (χ2v) is 7.40. The molecule has 0 spiro atoms. The van der Waals surface area contributed by atoms with Crippen LogP contribution < -0.4 is 0 Å². The van der Waals surface area contributed by atoms with Crippen LogP contribution in [0.3, 0.4) is 0 Å². The monoisotopic (exact) mass is 324 g/mol. The lowest BCUT2D eigenvalue weighted by Crippen LogP contribution is -2.20. The first-order valence-electron chi connectivity index (χ1n) is 9.35. The van der Waals surface area contributed by atoms with Crippen LogP contribution in [-0.2, 0) is 10.8 Å². The van der Waals surface area contributed by atoms with Crippen molar-refractivity contribution in [2.75, 3.05) is 0 Å². The van der Waals surface area contributed by atoms with Crippen molar-refractivity contribution in [3.05, 3.63) is 47.8 Å². The van der Waals surface area contributed by atoms with Gasteiger partial charge in [-0.1, -0.05) is 41.5 Å². The van der Waals surface area contributed by atoms with Crippen molar-refractivity contribution in [1.29, 1.82) is 0 Å². The van der Waals surface area contributed by atoms with Crippen LogP contribution in [0, 0.1) is 0 Å². The van der Waals surface area contributed by atoms with E-state index >= 15 is 0 Å². The lowest BCUT2D eigenvalue weighted by atomic mass is 9.77. The average molecular weight is 325 g/mol. The molecular weight excluding hydrogens is 292 g/mol. The molecule has 0 unspecified atom stereocenters. The lowest BCUT2D eigenvalue weighted by molar-refractivity contribution is 0.438. The molecule has 0 aliphatic carbocycles. The maximum Gasteiger partial charge on any atom is 0.0889 e. The third kappa shape index (κ3) is 3.53. The van der Waals surface area contributed by atoms with E-state index in [4.69, 9.17) is 0 Å². The Bertz CT molecular complexity index is 608. The summed E-state index contributed by atoms with van der Waals surface area (Å²) in [5, 5.41) is 0. The van der Waals surface area contributed by atoms with Crippen LogP contribution >= 0.6 is 0 Å². The van der Waals surface area contributed by atoms with E-state index in [1.807, 2.05) is 12.4 Å². The van der Waals surface area contributed by atoms with Gasteiger partial charge in [0.2, 0.25) is 0 Å². The minimum atomic E-state index is 0.205. The predicted molar refractivity (Wildman–Crippen MR) is 103 cm³/mol. The van der Waals surface area contributed by atoms with Gasteiger partial charge in [0, 0.05) is 12.4 Å². The largest absolute Gasteiger partial charge is 0.255 e. The molecule has 2 nitrogen and oxygen atoms in total. The summed E-state index contributed by atoms with van der Waals surface area (Å²) >= 11 is 0. The van der Waals surface area contributed by atoms with Gasteiger partial charge in [0.1, 0.15) is 0 Å². The van der Waals surface area contributed by atoms with Crippen LogP contribution in [0.25, 0.3) is 11.4 Å². The summed E-state index contributed by atoms with van der Waals surface area (Å²) in [6.45, 7) is 13.7. The van der Waals surface area contributed by atoms with Gasteiger partial charge in [0.05, 0.1) is 11.4 Å². The first-order chi connectivity index (χ1) is 11.4. The molecule has 2 aromatic heterocycles. The number of aromatic nitrogens is 2. The Morgan fingerprint density at radius 1 is 0.667 bits per heavy atom. The van der Waals surface area contributed by atoms with Gasteiger partial charge in [-0.05, 0) is 71.9 Å². The molecular formula is C22H32N2. The second kappa shape index (κ2) is 7.46. The van der Waals surface area contributed by atoms with E-state index in [0.29, 0.717) is 0 Å². The van der Waals surface area contributed by atoms with Crippen LogP contribution in [0.4, 0.5) is 0 Å². The Balaban J connectivity index is 2.47. The molecule has 24 heavy (non-hydrogen) atoms. The zero-order chi connectivity index (χ0) is 17.8. The zero-order valence-electron chi connectivity index (χ0n) is 16.2. The third-order valence-electron chi connectivity index (χ3n) is 6.30. The highest BCUT2D eigenvalue weighted by molar-refractivity contribution is 5.57. The number of nitrogens with zero attached hydrogens (tertiary/aromatic N) is 2. The number of hydrogen-bond acceptors (Lipinski definition) is 2. The summed E-state index contributed by atoms with van der Waals surface area (Å²) in [5.41, 5.74) is 5.10. The Morgan fingerprint density at radius 3 is 1.29 bits per heavy atom. The van der Waals surface area contributed by atoms with Crippen molar-refractivity contribution in [1.82, 2.24) is 9.97 Å². The van der Waals surface area contributed by atoms with Crippen LogP contribution in [0.5, 0.6) is 0 Å². The SMILES string of the molecule is CCC(C)(CC)c1ccnc(-c2cc(C(C)(CC)CC)ccn2)c1. The molecule has 130 valence electrons. The number of rotatable bonds is 7. The van der Waals surface area contributed by atoms with E-state index in [1.165, 1.54) is 11.1 Å². The molecule has 0 amide bonds. The minimum Gasteiger partial charge on any atom is -0.255 e. The summed E-state index contributed by atoms with van der Waals surface area (Å²) in [7, 11) is 0. The van der Waals surface area contributed by atoms with Gasteiger partial charge >= 0.3 is 0 Å². The van der Waals surface area contributed by atoms with E-state index in [9.17, 15) is 0 Å². The predicted octanol–water partition coefficient (Wildman–Crippen LogP) is 6.30. The quantitative estimate of drug-likeness (QED) is 0.597. The average Bonchev–Trinajstić information content (AvgIpc) is 2.66. The van der Waals surface area contributed by atoms with Crippen molar-refractivity contribution in [3.8, 4) is 11.4 Å². The normalized spacial score (nSPS) is 12.4. The molecule has 0 radical (unpaired) electrons. The van der Waals surface area contributed by atoms with Gasteiger partial charge in [0.25, 0.3) is 0 Å². The first kappa shape index (κ1) is 18.6. The summed E-state index contributed by atoms with van der Waals surface area (Å²) < 4.78 is 0. The molecule has 0 aliphatic rings. The topological polar surface area (TPSA) is 25.8 Å². The molecule has 0 saturated carbocycles. The minimum absolute atomic E-state index is 0.205. The van der Waals surface area contributed by atoms with Crippen molar-refractivity contribution >= 4 is 0 Å². The van der Waals surface area contributed by atoms with Crippen LogP contribution in [0.2, 0.25) is 0 Å². The number of hydrogen-bond donors (Lipinski definition) is 0. The standard InChI is InChI=1S/C22H32N2/c1-7-21(5,8-2)17-11-13-23-19(15-17)20-16-18(12-14-24-20)22(6,9-3)10-4/h11-16H,7-10H2,1-6H3. The van der Waals surface area contributed by atoms with Gasteiger partial charge < -0.3 is 0 Å². The maximum atomic E-state index is 4.60. The molecule has 0 N–H and O–H groups in total. The van der Waals surface area contributed by atoms with Crippen molar-refractivity contribution in [2.24, 2.45) is 0 Å². The molecule has 0 fully saturated rings. The van der Waals surface area contributed by atoms with Gasteiger partial charge in [-0.3, -0.25) is 9.97 Å². The molecule has 2 heterocycles. The van der Waals surface area contributed by atoms with Crippen LogP contribution in [0.1, 0.15) is 78.4 Å². The van der Waals surface area contributed by atoms with E-state index in [-0.39, 0.29) is 10.8 Å². The number of pyridine rings is 2. The highest BCUT2D eigenvalue weighted by Gasteiger charge is 2.24. The highest BCUT2D eigenvalue weighted by Crippen LogP contribution is 2.34. The summed E-state index contributed by atoms with van der Waals surface area (Å²) in [5.74, 6) is 0. The lowest BCUT2D eigenvalue weighted by Gasteiger charge is -2.28. The Morgan fingerprint density at radius 2 is 1.00 bits per heavy atom. The molecule has 2 rings (SSSR count). The van der Waals surface area contributed by atoms with Crippen molar-refractivity contribution < 1.29 is 0 Å². The third-order valence-corrected chi connectivity index (χ3v) is 6.30. The van der Waals surface area contributed by atoms with Crippen molar-refractivity contribution in [3.63, 3.8) is 0 Å². The molecule has 2 aromatic rings. The van der Waals surface area contributed by atoms with Crippen molar-refractivity contribution in [2.45, 2.75) is 78.1 Å². The molecule has 0 aromatic carbocycles. The molecule has 0 aliphatic heterocycles. The Labute approximate surface area is 147 Å². The van der Waals surface area contributed by atoms with E-state index < -0.39 is 0 Å². The fourth-order valence-corrected chi connectivity index (χ4v) is 3.21. The van der Waals surface area contributed by atoms with Gasteiger partial charge in [0.15, 0.2) is 0 Å². The smallest absolute Gasteiger partial charge is 0.0889 e. The Kier molecular flexibility index (Phi) is 5.79. The molecule has 0 saturated heterocycles. The van der Waals surface area contributed by atoms with Crippen LogP contribution in [-0.4, -0.2) is 9.97 Å². The highest BCUT2D eigenvalue weighted by atomic mass is 14.8. The van der Waals surface area contributed by atoms with Gasteiger partial charge in [-0.2, -0.15) is 0 Å². The van der Waals surface area contributed by atoms with E-state index in [0.717, 1.165) is 37.1 Å².